The Labute approximate surface area is 196 Å². The maximum absolute atomic E-state index is 12.2. The Morgan fingerprint density at radius 3 is 2.36 bits per heavy atom. The molecule has 0 heterocycles. The highest BCUT2D eigenvalue weighted by molar-refractivity contribution is 5.94. The van der Waals surface area contributed by atoms with Crippen LogP contribution in [0.25, 0.3) is 0 Å². The summed E-state index contributed by atoms with van der Waals surface area (Å²) in [4.78, 5) is 18.0. The van der Waals surface area contributed by atoms with Gasteiger partial charge >= 0.3 is 0 Å². The first-order valence-electron chi connectivity index (χ1n) is 11.1. The zero-order valence-electron chi connectivity index (χ0n) is 19.5. The number of nitrogens with one attached hydrogen (secondary N) is 2. The SMILES string of the molecule is CN=C(NCCc1cccc(C(=O)N(C)C)c1)NCc1cccc(OCc2ccccc2)c1. The average Bonchev–Trinajstić information content (AvgIpc) is 2.85. The van der Waals surface area contributed by atoms with E-state index in [0.717, 1.165) is 34.8 Å². The van der Waals surface area contributed by atoms with Crippen LogP contribution >= 0.6 is 0 Å². The summed E-state index contributed by atoms with van der Waals surface area (Å²) in [5.41, 5.74) is 4.06. The number of carbonyl (C=O) groups excluding carboxylic acids is 1. The van der Waals surface area contributed by atoms with Crippen LogP contribution in [0.5, 0.6) is 5.75 Å². The number of nitrogens with zero attached hydrogens (tertiary/aromatic N) is 2. The highest BCUT2D eigenvalue weighted by atomic mass is 16.5. The molecule has 0 spiro atoms. The van der Waals surface area contributed by atoms with Gasteiger partial charge in [0.25, 0.3) is 5.91 Å². The van der Waals surface area contributed by atoms with Crippen molar-refractivity contribution in [1.82, 2.24) is 15.5 Å². The van der Waals surface area contributed by atoms with Crippen molar-refractivity contribution in [3.63, 3.8) is 0 Å². The Kier molecular flexibility index (Phi) is 8.88. The molecule has 0 unspecified atom stereocenters. The van der Waals surface area contributed by atoms with Crippen LogP contribution in [0, 0.1) is 0 Å². The average molecular weight is 445 g/mol. The van der Waals surface area contributed by atoms with Gasteiger partial charge in [-0.1, -0.05) is 54.6 Å². The van der Waals surface area contributed by atoms with Crippen molar-refractivity contribution in [3.8, 4) is 5.75 Å². The Morgan fingerprint density at radius 2 is 1.61 bits per heavy atom. The second-order valence-electron chi connectivity index (χ2n) is 7.92. The van der Waals surface area contributed by atoms with E-state index in [1.807, 2.05) is 60.7 Å². The van der Waals surface area contributed by atoms with Crippen LogP contribution < -0.4 is 15.4 Å². The third kappa shape index (κ3) is 7.68. The Morgan fingerprint density at radius 1 is 0.879 bits per heavy atom. The van der Waals surface area contributed by atoms with Crippen molar-refractivity contribution < 1.29 is 9.53 Å². The van der Waals surface area contributed by atoms with Crippen molar-refractivity contribution in [2.45, 2.75) is 19.6 Å². The predicted molar refractivity (Wildman–Crippen MR) is 134 cm³/mol. The van der Waals surface area contributed by atoms with E-state index in [9.17, 15) is 4.79 Å². The number of amides is 1. The molecule has 6 nitrogen and oxygen atoms in total. The van der Waals surface area contributed by atoms with Gasteiger partial charge in [-0.15, -0.1) is 0 Å². The zero-order valence-corrected chi connectivity index (χ0v) is 19.5. The molecule has 0 aliphatic rings. The highest BCUT2D eigenvalue weighted by Crippen LogP contribution is 2.15. The smallest absolute Gasteiger partial charge is 0.253 e. The number of rotatable bonds is 9. The van der Waals surface area contributed by atoms with Crippen molar-refractivity contribution in [2.75, 3.05) is 27.7 Å². The maximum Gasteiger partial charge on any atom is 0.253 e. The Bertz CT molecular complexity index is 1060. The van der Waals surface area contributed by atoms with E-state index in [-0.39, 0.29) is 5.91 Å². The summed E-state index contributed by atoms with van der Waals surface area (Å²) in [6.07, 6.45) is 0.790. The van der Waals surface area contributed by atoms with Crippen LogP contribution in [0.15, 0.2) is 83.9 Å². The third-order valence-corrected chi connectivity index (χ3v) is 5.12. The molecule has 0 radical (unpaired) electrons. The van der Waals surface area contributed by atoms with Crippen molar-refractivity contribution in [3.05, 3.63) is 101 Å². The minimum Gasteiger partial charge on any atom is -0.489 e. The van der Waals surface area contributed by atoms with Gasteiger partial charge in [0.05, 0.1) is 0 Å². The first-order valence-corrected chi connectivity index (χ1v) is 11.1. The second kappa shape index (κ2) is 12.3. The number of carbonyl (C=O) groups is 1. The van der Waals surface area contributed by atoms with Crippen molar-refractivity contribution >= 4 is 11.9 Å². The van der Waals surface area contributed by atoms with Gasteiger partial charge in [-0.25, -0.2) is 0 Å². The first-order chi connectivity index (χ1) is 16.0. The van der Waals surface area contributed by atoms with Crippen LogP contribution in [0.4, 0.5) is 0 Å². The minimum atomic E-state index is 0.0114. The lowest BCUT2D eigenvalue weighted by atomic mass is 10.1. The number of aliphatic imine (C=N–C) groups is 1. The summed E-state index contributed by atoms with van der Waals surface area (Å²) in [6, 6.07) is 25.9. The fourth-order valence-electron chi connectivity index (χ4n) is 3.34. The van der Waals surface area contributed by atoms with E-state index in [4.69, 9.17) is 4.74 Å². The first kappa shape index (κ1) is 23.9. The molecule has 6 heteroatoms. The van der Waals surface area contributed by atoms with Crippen molar-refractivity contribution in [2.24, 2.45) is 4.99 Å². The van der Waals surface area contributed by atoms with Crippen LogP contribution in [0.2, 0.25) is 0 Å². The maximum atomic E-state index is 12.2. The van der Waals surface area contributed by atoms with E-state index in [2.05, 4.69) is 33.8 Å². The molecular weight excluding hydrogens is 412 g/mol. The van der Waals surface area contributed by atoms with Gasteiger partial charge in [0.2, 0.25) is 0 Å². The second-order valence-corrected chi connectivity index (χ2v) is 7.92. The Balaban J connectivity index is 1.46. The van der Waals surface area contributed by atoms with Crippen LogP contribution in [0.3, 0.4) is 0 Å². The number of hydrogen-bond donors (Lipinski definition) is 2. The molecule has 0 saturated carbocycles. The molecule has 0 fully saturated rings. The standard InChI is InChI=1S/C27H32N4O2/c1-28-27(29-16-15-21-11-7-13-24(17-21)26(32)31(2)3)30-19-23-12-8-14-25(18-23)33-20-22-9-5-4-6-10-22/h4-14,17-18H,15-16,19-20H2,1-3H3,(H2,28,29,30). The molecule has 3 aromatic carbocycles. The molecule has 3 aromatic rings. The fraction of sp³-hybridized carbons (Fsp3) is 0.259. The van der Waals surface area contributed by atoms with Gasteiger partial charge in [0, 0.05) is 39.8 Å². The zero-order chi connectivity index (χ0) is 23.5. The van der Waals surface area contributed by atoms with E-state index >= 15 is 0 Å². The molecule has 3 rings (SSSR count). The predicted octanol–water partition coefficient (Wildman–Crippen LogP) is 3.88. The largest absolute Gasteiger partial charge is 0.489 e. The molecule has 0 saturated heterocycles. The lowest BCUT2D eigenvalue weighted by Gasteiger charge is -2.14. The number of hydrogen-bond acceptors (Lipinski definition) is 3. The third-order valence-electron chi connectivity index (χ3n) is 5.12. The van der Waals surface area contributed by atoms with E-state index in [1.165, 1.54) is 0 Å². The van der Waals surface area contributed by atoms with Gasteiger partial charge in [-0.3, -0.25) is 9.79 Å². The van der Waals surface area contributed by atoms with Crippen LogP contribution in [-0.2, 0) is 19.6 Å². The van der Waals surface area contributed by atoms with Crippen molar-refractivity contribution in [1.29, 1.82) is 0 Å². The van der Waals surface area contributed by atoms with Gasteiger partial charge in [-0.2, -0.15) is 0 Å². The van der Waals surface area contributed by atoms with E-state index in [1.54, 1.807) is 26.0 Å². The number of guanidine groups is 1. The molecule has 0 atom stereocenters. The normalized spacial score (nSPS) is 11.1. The summed E-state index contributed by atoms with van der Waals surface area (Å²) in [5, 5.41) is 6.67. The molecule has 33 heavy (non-hydrogen) atoms. The summed E-state index contributed by atoms with van der Waals surface area (Å²) >= 11 is 0. The molecule has 0 aromatic heterocycles. The highest BCUT2D eigenvalue weighted by Gasteiger charge is 2.08. The van der Waals surface area contributed by atoms with Crippen LogP contribution in [0.1, 0.15) is 27.0 Å². The lowest BCUT2D eigenvalue weighted by Crippen LogP contribution is -2.37. The summed E-state index contributed by atoms with van der Waals surface area (Å²) in [5.74, 6) is 1.58. The van der Waals surface area contributed by atoms with E-state index < -0.39 is 0 Å². The molecular formula is C27H32N4O2. The molecule has 0 bridgehead atoms. The summed E-state index contributed by atoms with van der Waals surface area (Å²) in [6.45, 7) is 1.89. The van der Waals surface area contributed by atoms with Gasteiger partial charge < -0.3 is 20.3 Å². The molecule has 2 N–H and O–H groups in total. The van der Waals surface area contributed by atoms with Gasteiger partial charge in [-0.05, 0) is 47.4 Å². The number of benzene rings is 3. The molecule has 1 amide bonds. The summed E-state index contributed by atoms with van der Waals surface area (Å²) < 4.78 is 5.92. The molecule has 0 aliphatic heterocycles. The monoisotopic (exact) mass is 444 g/mol. The molecule has 172 valence electrons. The quantitative estimate of drug-likeness (QED) is 0.388. The fourth-order valence-corrected chi connectivity index (χ4v) is 3.34. The topological polar surface area (TPSA) is 66.0 Å². The van der Waals surface area contributed by atoms with E-state index in [0.29, 0.717) is 25.3 Å². The molecule has 0 aliphatic carbocycles. The Hall–Kier alpha value is -3.80. The van der Waals surface area contributed by atoms with Crippen LogP contribution in [-0.4, -0.2) is 44.5 Å². The number of ether oxygens (including phenoxy) is 1. The summed E-state index contributed by atoms with van der Waals surface area (Å²) in [7, 11) is 5.28. The van der Waals surface area contributed by atoms with Gasteiger partial charge in [0.1, 0.15) is 12.4 Å². The lowest BCUT2D eigenvalue weighted by molar-refractivity contribution is 0.0827. The van der Waals surface area contributed by atoms with Gasteiger partial charge in [0.15, 0.2) is 5.96 Å². The minimum absolute atomic E-state index is 0.0114.